The van der Waals surface area contributed by atoms with Gasteiger partial charge in [-0.05, 0) is 44.7 Å². The predicted octanol–water partition coefficient (Wildman–Crippen LogP) is 3.52. The normalized spacial score (nSPS) is 14.9. The number of benzene rings is 1. The molecule has 1 aliphatic carbocycles. The van der Waals surface area contributed by atoms with Crippen molar-refractivity contribution in [2.24, 2.45) is 0 Å². The predicted molar refractivity (Wildman–Crippen MR) is 76.0 cm³/mol. The first-order valence-electron chi connectivity index (χ1n) is 6.90. The largest absolute Gasteiger partial charge is 0.439 e. The van der Waals surface area contributed by atoms with Crippen LogP contribution in [0.2, 0.25) is 0 Å². The van der Waals surface area contributed by atoms with Crippen LogP contribution in [0.15, 0.2) is 22.7 Å². The molecule has 3 nitrogen and oxygen atoms in total. The Labute approximate surface area is 114 Å². The summed E-state index contributed by atoms with van der Waals surface area (Å²) in [5.74, 6) is 1.66. The molecule has 3 heteroatoms. The summed E-state index contributed by atoms with van der Waals surface area (Å²) in [5.41, 5.74) is 4.95. The van der Waals surface area contributed by atoms with Gasteiger partial charge in [-0.2, -0.15) is 0 Å². The number of hydrogen-bond acceptors (Lipinski definition) is 3. The third kappa shape index (κ3) is 2.71. The summed E-state index contributed by atoms with van der Waals surface area (Å²) in [4.78, 5) is 4.37. The zero-order chi connectivity index (χ0) is 13.4. The molecule has 0 unspecified atom stereocenters. The number of aryl methyl sites for hydroxylation is 3. The molecule has 0 bridgehead atoms. The lowest BCUT2D eigenvalue weighted by atomic mass is 9.98. The lowest BCUT2D eigenvalue weighted by Gasteiger charge is -2.08. The Morgan fingerprint density at radius 3 is 2.53 bits per heavy atom. The van der Waals surface area contributed by atoms with E-state index in [0.717, 1.165) is 18.2 Å². The van der Waals surface area contributed by atoms with E-state index in [-0.39, 0.29) is 0 Å². The molecule has 0 saturated heterocycles. The van der Waals surface area contributed by atoms with Crippen molar-refractivity contribution in [2.75, 3.05) is 0 Å². The Bertz CT molecular complexity index is 574. The van der Waals surface area contributed by atoms with Crippen LogP contribution in [0, 0.1) is 20.8 Å². The Morgan fingerprint density at radius 2 is 1.89 bits per heavy atom. The van der Waals surface area contributed by atoms with Crippen LogP contribution in [0.5, 0.6) is 0 Å². The number of hydrogen-bond donors (Lipinski definition) is 1. The highest BCUT2D eigenvalue weighted by molar-refractivity contribution is 5.66. The standard InChI is InChI=1S/C16H20N2O/c1-10-6-11(2)16(12(3)7-10)14-8-18-15(19-14)9-17-13-4-5-13/h6-8,13,17H,4-5,9H2,1-3H3. The SMILES string of the molecule is Cc1cc(C)c(-c2cnc(CNC3CC3)o2)c(C)c1. The minimum absolute atomic E-state index is 0.679. The molecule has 0 atom stereocenters. The topological polar surface area (TPSA) is 38.1 Å². The molecule has 1 fully saturated rings. The van der Waals surface area contributed by atoms with Gasteiger partial charge in [0.05, 0.1) is 12.7 Å². The van der Waals surface area contributed by atoms with Crippen LogP contribution in [-0.2, 0) is 6.54 Å². The summed E-state index contributed by atoms with van der Waals surface area (Å²) in [6.07, 6.45) is 4.40. The minimum Gasteiger partial charge on any atom is -0.439 e. The first-order chi connectivity index (χ1) is 9.13. The second-order valence-corrected chi connectivity index (χ2v) is 5.55. The third-order valence-corrected chi connectivity index (χ3v) is 3.60. The Balaban J connectivity index is 1.85. The lowest BCUT2D eigenvalue weighted by Crippen LogP contribution is -2.15. The second-order valence-electron chi connectivity index (χ2n) is 5.55. The van der Waals surface area contributed by atoms with Crippen LogP contribution < -0.4 is 5.32 Å². The number of nitrogens with one attached hydrogen (secondary N) is 1. The molecule has 1 saturated carbocycles. The Morgan fingerprint density at radius 1 is 1.21 bits per heavy atom. The van der Waals surface area contributed by atoms with Crippen molar-refractivity contribution in [1.29, 1.82) is 0 Å². The summed E-state index contributed by atoms with van der Waals surface area (Å²) in [5, 5.41) is 3.42. The van der Waals surface area contributed by atoms with Crippen molar-refractivity contribution >= 4 is 0 Å². The Hall–Kier alpha value is -1.61. The maximum absolute atomic E-state index is 5.88. The van der Waals surface area contributed by atoms with Crippen LogP contribution in [0.4, 0.5) is 0 Å². The van der Waals surface area contributed by atoms with Crippen LogP contribution in [0.1, 0.15) is 35.4 Å². The zero-order valence-corrected chi connectivity index (χ0v) is 11.8. The number of nitrogens with zero attached hydrogens (tertiary/aromatic N) is 1. The van der Waals surface area contributed by atoms with Crippen molar-refractivity contribution < 1.29 is 4.42 Å². The van der Waals surface area contributed by atoms with Crippen LogP contribution >= 0.6 is 0 Å². The molecule has 0 radical (unpaired) electrons. The molecule has 19 heavy (non-hydrogen) atoms. The van der Waals surface area contributed by atoms with Gasteiger partial charge in [-0.25, -0.2) is 4.98 Å². The average molecular weight is 256 g/mol. The van der Waals surface area contributed by atoms with Crippen LogP contribution in [0.25, 0.3) is 11.3 Å². The molecule has 1 heterocycles. The zero-order valence-electron chi connectivity index (χ0n) is 11.8. The molecule has 100 valence electrons. The maximum Gasteiger partial charge on any atom is 0.208 e. The van der Waals surface area contributed by atoms with Gasteiger partial charge in [-0.15, -0.1) is 0 Å². The van der Waals surface area contributed by atoms with Gasteiger partial charge >= 0.3 is 0 Å². The van der Waals surface area contributed by atoms with Crippen molar-refractivity contribution in [1.82, 2.24) is 10.3 Å². The smallest absolute Gasteiger partial charge is 0.208 e. The van der Waals surface area contributed by atoms with Gasteiger partial charge in [0.1, 0.15) is 0 Å². The van der Waals surface area contributed by atoms with Gasteiger partial charge in [-0.1, -0.05) is 17.7 Å². The number of oxazole rings is 1. The van der Waals surface area contributed by atoms with E-state index in [2.05, 4.69) is 43.2 Å². The average Bonchev–Trinajstić information content (AvgIpc) is 3.05. The van der Waals surface area contributed by atoms with Crippen LogP contribution in [0.3, 0.4) is 0 Å². The van der Waals surface area contributed by atoms with Gasteiger partial charge in [0.15, 0.2) is 5.76 Å². The van der Waals surface area contributed by atoms with E-state index in [1.54, 1.807) is 0 Å². The minimum atomic E-state index is 0.679. The van der Waals surface area contributed by atoms with E-state index < -0.39 is 0 Å². The summed E-state index contributed by atoms with van der Waals surface area (Å²) >= 11 is 0. The van der Waals surface area contributed by atoms with E-state index >= 15 is 0 Å². The quantitative estimate of drug-likeness (QED) is 0.909. The van der Waals surface area contributed by atoms with E-state index in [0.29, 0.717) is 6.04 Å². The van der Waals surface area contributed by atoms with E-state index in [9.17, 15) is 0 Å². The maximum atomic E-state index is 5.88. The molecule has 1 aliphatic rings. The summed E-state index contributed by atoms with van der Waals surface area (Å²) < 4.78 is 5.88. The molecule has 0 aliphatic heterocycles. The molecular weight excluding hydrogens is 236 g/mol. The summed E-state index contributed by atoms with van der Waals surface area (Å²) in [7, 11) is 0. The van der Waals surface area contributed by atoms with E-state index in [4.69, 9.17) is 4.42 Å². The van der Waals surface area contributed by atoms with Crippen molar-refractivity contribution in [3.05, 3.63) is 40.9 Å². The molecule has 0 spiro atoms. The highest BCUT2D eigenvalue weighted by Crippen LogP contribution is 2.29. The highest BCUT2D eigenvalue weighted by atomic mass is 16.4. The summed E-state index contributed by atoms with van der Waals surface area (Å²) in [6.45, 7) is 7.10. The van der Waals surface area contributed by atoms with Crippen LogP contribution in [-0.4, -0.2) is 11.0 Å². The molecule has 1 aromatic heterocycles. The van der Waals surface area contributed by atoms with Crippen molar-refractivity contribution in [2.45, 2.75) is 46.2 Å². The third-order valence-electron chi connectivity index (χ3n) is 3.60. The van der Waals surface area contributed by atoms with E-state index in [1.807, 2.05) is 6.20 Å². The number of rotatable bonds is 4. The van der Waals surface area contributed by atoms with Crippen molar-refractivity contribution in [3.8, 4) is 11.3 Å². The van der Waals surface area contributed by atoms with E-state index in [1.165, 1.54) is 35.1 Å². The number of aromatic nitrogens is 1. The Kier molecular flexibility index (Phi) is 3.15. The monoisotopic (exact) mass is 256 g/mol. The summed E-state index contributed by atoms with van der Waals surface area (Å²) in [6, 6.07) is 5.05. The fraction of sp³-hybridized carbons (Fsp3) is 0.438. The fourth-order valence-electron chi connectivity index (χ4n) is 2.60. The molecule has 0 amide bonds. The van der Waals surface area contributed by atoms with Crippen molar-refractivity contribution in [3.63, 3.8) is 0 Å². The molecule has 1 aromatic carbocycles. The fourth-order valence-corrected chi connectivity index (χ4v) is 2.60. The van der Waals surface area contributed by atoms with Gasteiger partial charge in [0, 0.05) is 11.6 Å². The highest BCUT2D eigenvalue weighted by Gasteiger charge is 2.21. The molecule has 2 aromatic rings. The van der Waals surface area contributed by atoms with Gasteiger partial charge in [-0.3, -0.25) is 0 Å². The van der Waals surface area contributed by atoms with Gasteiger partial charge in [0.2, 0.25) is 5.89 Å². The molecule has 3 rings (SSSR count). The second kappa shape index (κ2) is 4.82. The lowest BCUT2D eigenvalue weighted by molar-refractivity contribution is 0.476. The van der Waals surface area contributed by atoms with Gasteiger partial charge in [0.25, 0.3) is 0 Å². The molecule has 1 N–H and O–H groups in total. The first kappa shape index (κ1) is 12.4. The first-order valence-corrected chi connectivity index (χ1v) is 6.90. The van der Waals surface area contributed by atoms with Gasteiger partial charge < -0.3 is 9.73 Å². The molecular formula is C16H20N2O.